The number of nitrogens with zero attached hydrogens (tertiary/aromatic N) is 1. The number of benzene rings is 2. The Balaban J connectivity index is 0.00000208. The maximum Gasteiger partial charge on any atom is 0.254 e. The summed E-state index contributed by atoms with van der Waals surface area (Å²) in [6.45, 7) is 1.27. The Morgan fingerprint density at radius 3 is 2.58 bits per heavy atom. The van der Waals surface area contributed by atoms with Crippen molar-refractivity contribution in [2.75, 3.05) is 13.7 Å². The maximum atomic E-state index is 12.9. The molecule has 1 aliphatic rings. The topological polar surface area (TPSA) is 55.6 Å². The predicted molar refractivity (Wildman–Crippen MR) is 97.6 cm³/mol. The van der Waals surface area contributed by atoms with Crippen LogP contribution in [-0.2, 0) is 6.54 Å². The van der Waals surface area contributed by atoms with Crippen LogP contribution >= 0.6 is 12.4 Å². The zero-order valence-electron chi connectivity index (χ0n) is 13.8. The minimum atomic E-state index is 0. The van der Waals surface area contributed by atoms with Gasteiger partial charge in [0, 0.05) is 24.2 Å². The number of nitrogens with two attached hydrogens (primary N) is 1. The first-order chi connectivity index (χ1) is 11.2. The molecule has 0 radical (unpaired) electrons. The molecule has 1 heterocycles. The fraction of sp³-hybridized carbons (Fsp3) is 0.316. The average molecular weight is 347 g/mol. The van der Waals surface area contributed by atoms with Gasteiger partial charge in [0.15, 0.2) is 0 Å². The van der Waals surface area contributed by atoms with Gasteiger partial charge in [-0.15, -0.1) is 12.4 Å². The third-order valence-corrected chi connectivity index (χ3v) is 4.45. The van der Waals surface area contributed by atoms with Gasteiger partial charge in [-0.3, -0.25) is 4.79 Å². The number of amides is 1. The highest BCUT2D eigenvalue weighted by atomic mass is 35.5. The SMILES string of the molecule is COc1ccccc1C1CCCN1C(=O)c1ccc(CN)cc1.Cl. The number of hydrogen-bond acceptors (Lipinski definition) is 3. The van der Waals surface area contributed by atoms with Crippen molar-refractivity contribution in [1.29, 1.82) is 0 Å². The van der Waals surface area contributed by atoms with E-state index in [9.17, 15) is 4.79 Å². The molecule has 2 N–H and O–H groups in total. The van der Waals surface area contributed by atoms with Gasteiger partial charge in [-0.1, -0.05) is 30.3 Å². The zero-order chi connectivity index (χ0) is 16.2. The molecular weight excluding hydrogens is 324 g/mol. The summed E-state index contributed by atoms with van der Waals surface area (Å²) in [6.07, 6.45) is 1.97. The lowest BCUT2D eigenvalue weighted by Crippen LogP contribution is -2.30. The van der Waals surface area contributed by atoms with Crippen molar-refractivity contribution in [3.8, 4) is 5.75 Å². The number of rotatable bonds is 4. The first-order valence-electron chi connectivity index (χ1n) is 7.97. The van der Waals surface area contributed by atoms with Crippen molar-refractivity contribution in [3.05, 3.63) is 65.2 Å². The summed E-state index contributed by atoms with van der Waals surface area (Å²) in [7, 11) is 1.67. The van der Waals surface area contributed by atoms with Gasteiger partial charge >= 0.3 is 0 Å². The van der Waals surface area contributed by atoms with Crippen LogP contribution < -0.4 is 10.5 Å². The third kappa shape index (κ3) is 3.55. The molecule has 3 rings (SSSR count). The lowest BCUT2D eigenvalue weighted by atomic mass is 10.0. The maximum absolute atomic E-state index is 12.9. The monoisotopic (exact) mass is 346 g/mol. The van der Waals surface area contributed by atoms with E-state index >= 15 is 0 Å². The number of hydrogen-bond donors (Lipinski definition) is 1. The van der Waals surface area contributed by atoms with Crippen LogP contribution in [0.3, 0.4) is 0 Å². The van der Waals surface area contributed by atoms with Crippen molar-refractivity contribution >= 4 is 18.3 Å². The molecular formula is C19H23ClN2O2. The largest absolute Gasteiger partial charge is 0.496 e. The lowest BCUT2D eigenvalue weighted by Gasteiger charge is -2.26. The van der Waals surface area contributed by atoms with Crippen LogP contribution in [0.5, 0.6) is 5.75 Å². The molecule has 1 unspecified atom stereocenters. The van der Waals surface area contributed by atoms with Crippen LogP contribution in [0.25, 0.3) is 0 Å². The summed E-state index contributed by atoms with van der Waals surface area (Å²) in [5.41, 5.74) is 8.45. The Morgan fingerprint density at radius 2 is 1.92 bits per heavy atom. The molecule has 1 saturated heterocycles. The molecule has 24 heavy (non-hydrogen) atoms. The van der Waals surface area contributed by atoms with Gasteiger partial charge in [0.1, 0.15) is 5.75 Å². The van der Waals surface area contributed by atoms with Gasteiger partial charge in [0.25, 0.3) is 5.91 Å². The number of halogens is 1. The Hall–Kier alpha value is -2.04. The Bertz CT molecular complexity index is 688. The number of carbonyl (C=O) groups excluding carboxylic acids is 1. The summed E-state index contributed by atoms with van der Waals surface area (Å²) in [5.74, 6) is 0.914. The number of likely N-dealkylation sites (tertiary alicyclic amines) is 1. The second-order valence-electron chi connectivity index (χ2n) is 5.80. The highest BCUT2D eigenvalue weighted by molar-refractivity contribution is 5.94. The lowest BCUT2D eigenvalue weighted by molar-refractivity contribution is 0.0734. The van der Waals surface area contributed by atoms with Crippen molar-refractivity contribution in [2.24, 2.45) is 5.73 Å². The summed E-state index contributed by atoms with van der Waals surface area (Å²) < 4.78 is 5.47. The van der Waals surface area contributed by atoms with E-state index in [1.165, 1.54) is 0 Å². The molecule has 1 aliphatic heterocycles. The standard InChI is InChI=1S/C19H22N2O2.ClH/c1-23-18-7-3-2-5-16(18)17-6-4-12-21(17)19(22)15-10-8-14(13-20)9-11-15;/h2-3,5,7-11,17H,4,6,12-13,20H2,1H3;1H. The second-order valence-corrected chi connectivity index (χ2v) is 5.80. The zero-order valence-corrected chi connectivity index (χ0v) is 14.6. The van der Waals surface area contributed by atoms with Crippen molar-refractivity contribution < 1.29 is 9.53 Å². The Morgan fingerprint density at radius 1 is 1.21 bits per heavy atom. The number of para-hydroxylation sites is 1. The smallest absolute Gasteiger partial charge is 0.254 e. The summed E-state index contributed by atoms with van der Waals surface area (Å²) in [4.78, 5) is 14.8. The molecule has 1 fully saturated rings. The molecule has 0 spiro atoms. The van der Waals surface area contributed by atoms with E-state index in [4.69, 9.17) is 10.5 Å². The minimum Gasteiger partial charge on any atom is -0.496 e. The van der Waals surface area contributed by atoms with Crippen molar-refractivity contribution in [3.63, 3.8) is 0 Å². The van der Waals surface area contributed by atoms with Crippen LogP contribution in [0.15, 0.2) is 48.5 Å². The molecule has 0 aromatic heterocycles. The van der Waals surface area contributed by atoms with Crippen LogP contribution in [0.1, 0.15) is 40.4 Å². The number of ether oxygens (including phenoxy) is 1. The molecule has 5 heteroatoms. The molecule has 2 aromatic rings. The summed E-state index contributed by atoms with van der Waals surface area (Å²) in [5, 5.41) is 0. The van der Waals surface area contributed by atoms with E-state index in [-0.39, 0.29) is 24.4 Å². The molecule has 2 aromatic carbocycles. The van der Waals surface area contributed by atoms with Crippen LogP contribution in [-0.4, -0.2) is 24.5 Å². The van der Waals surface area contributed by atoms with E-state index in [2.05, 4.69) is 0 Å². The molecule has 0 bridgehead atoms. The molecule has 0 aliphatic carbocycles. The van der Waals surface area contributed by atoms with E-state index in [1.54, 1.807) is 7.11 Å². The van der Waals surface area contributed by atoms with Gasteiger partial charge in [-0.05, 0) is 36.6 Å². The minimum absolute atomic E-state index is 0. The highest BCUT2D eigenvalue weighted by Crippen LogP contribution is 2.37. The molecule has 1 amide bonds. The fourth-order valence-electron chi connectivity index (χ4n) is 3.22. The van der Waals surface area contributed by atoms with Gasteiger partial charge in [0.05, 0.1) is 13.2 Å². The predicted octanol–water partition coefficient (Wildman–Crippen LogP) is 3.55. The normalized spacial score (nSPS) is 16.6. The van der Waals surface area contributed by atoms with Crippen molar-refractivity contribution in [1.82, 2.24) is 4.90 Å². The third-order valence-electron chi connectivity index (χ3n) is 4.45. The summed E-state index contributed by atoms with van der Waals surface area (Å²) in [6, 6.07) is 15.6. The molecule has 128 valence electrons. The van der Waals surface area contributed by atoms with E-state index in [0.717, 1.165) is 36.3 Å². The van der Waals surface area contributed by atoms with Gasteiger partial charge < -0.3 is 15.4 Å². The van der Waals surface area contributed by atoms with E-state index < -0.39 is 0 Å². The van der Waals surface area contributed by atoms with Crippen molar-refractivity contribution in [2.45, 2.75) is 25.4 Å². The van der Waals surface area contributed by atoms with Crippen LogP contribution in [0, 0.1) is 0 Å². The second kappa shape index (κ2) is 8.18. The number of methoxy groups -OCH3 is 1. The van der Waals surface area contributed by atoms with Crippen LogP contribution in [0.2, 0.25) is 0 Å². The van der Waals surface area contributed by atoms with E-state index in [1.807, 2.05) is 53.4 Å². The van der Waals surface area contributed by atoms with Gasteiger partial charge in [-0.2, -0.15) is 0 Å². The van der Waals surface area contributed by atoms with Crippen LogP contribution in [0.4, 0.5) is 0 Å². The summed E-state index contributed by atoms with van der Waals surface area (Å²) >= 11 is 0. The Kier molecular flexibility index (Phi) is 6.23. The fourth-order valence-corrected chi connectivity index (χ4v) is 3.22. The first kappa shape index (κ1) is 18.3. The van der Waals surface area contributed by atoms with Gasteiger partial charge in [0.2, 0.25) is 0 Å². The quantitative estimate of drug-likeness (QED) is 0.921. The Labute approximate surface area is 149 Å². The average Bonchev–Trinajstić information content (AvgIpc) is 3.10. The number of carbonyl (C=O) groups is 1. The molecule has 0 saturated carbocycles. The first-order valence-corrected chi connectivity index (χ1v) is 7.97. The highest BCUT2D eigenvalue weighted by Gasteiger charge is 2.32. The van der Waals surface area contributed by atoms with E-state index in [0.29, 0.717) is 12.1 Å². The van der Waals surface area contributed by atoms with Gasteiger partial charge in [-0.25, -0.2) is 0 Å². The molecule has 1 atom stereocenters. The molecule has 4 nitrogen and oxygen atoms in total.